The van der Waals surface area contributed by atoms with E-state index in [2.05, 4.69) is 5.16 Å². The van der Waals surface area contributed by atoms with Crippen LogP contribution in [0, 0.1) is 5.92 Å². The number of hydrogen-bond acceptors (Lipinski definition) is 5. The highest BCUT2D eigenvalue weighted by Crippen LogP contribution is 2.32. The molecule has 1 rings (SSSR count). The molecule has 0 saturated carbocycles. The standard InChI is InChI=1S/C11H12ClNO4/c1-5(2)11(16)10(13-17)6-3-8(14)9(15)4-7(6)12/h3-5,14-15,17H,1-2H3/b13-10-. The molecule has 0 aromatic heterocycles. The van der Waals surface area contributed by atoms with Gasteiger partial charge in [-0.2, -0.15) is 0 Å². The average Bonchev–Trinajstić information content (AvgIpc) is 2.25. The van der Waals surface area contributed by atoms with Gasteiger partial charge in [0.2, 0.25) is 0 Å². The lowest BCUT2D eigenvalue weighted by Crippen LogP contribution is -2.21. The Morgan fingerprint density at radius 2 is 1.82 bits per heavy atom. The Kier molecular flexibility index (Phi) is 3.96. The normalized spacial score (nSPS) is 11.9. The summed E-state index contributed by atoms with van der Waals surface area (Å²) in [5, 5.41) is 30.3. The fourth-order valence-electron chi connectivity index (χ4n) is 1.24. The molecule has 0 radical (unpaired) electrons. The van der Waals surface area contributed by atoms with Crippen LogP contribution in [-0.2, 0) is 4.79 Å². The van der Waals surface area contributed by atoms with Crippen LogP contribution in [0.1, 0.15) is 19.4 Å². The van der Waals surface area contributed by atoms with Gasteiger partial charge < -0.3 is 15.4 Å². The van der Waals surface area contributed by atoms with E-state index in [1.807, 2.05) is 0 Å². The summed E-state index contributed by atoms with van der Waals surface area (Å²) in [5.74, 6) is -1.65. The van der Waals surface area contributed by atoms with Crippen molar-refractivity contribution in [3.63, 3.8) is 0 Å². The van der Waals surface area contributed by atoms with Crippen molar-refractivity contribution in [2.45, 2.75) is 13.8 Å². The largest absolute Gasteiger partial charge is 0.504 e. The second-order valence-electron chi connectivity index (χ2n) is 3.79. The van der Waals surface area contributed by atoms with Crippen molar-refractivity contribution < 1.29 is 20.2 Å². The molecule has 92 valence electrons. The third-order valence-corrected chi connectivity index (χ3v) is 2.49. The van der Waals surface area contributed by atoms with E-state index in [4.69, 9.17) is 16.8 Å². The van der Waals surface area contributed by atoms with Crippen molar-refractivity contribution in [1.29, 1.82) is 0 Å². The maximum atomic E-state index is 11.7. The van der Waals surface area contributed by atoms with Gasteiger partial charge in [0, 0.05) is 17.5 Å². The monoisotopic (exact) mass is 257 g/mol. The van der Waals surface area contributed by atoms with Gasteiger partial charge in [0.05, 0.1) is 5.02 Å². The molecule has 1 aromatic rings. The predicted octanol–water partition coefficient (Wildman–Crippen LogP) is 2.15. The van der Waals surface area contributed by atoms with Crippen LogP contribution in [0.3, 0.4) is 0 Å². The summed E-state index contributed by atoms with van der Waals surface area (Å²) in [4.78, 5) is 11.7. The minimum Gasteiger partial charge on any atom is -0.504 e. The molecule has 1 aromatic carbocycles. The van der Waals surface area contributed by atoms with E-state index in [0.29, 0.717) is 0 Å². The van der Waals surface area contributed by atoms with Gasteiger partial charge in [-0.05, 0) is 6.07 Å². The van der Waals surface area contributed by atoms with Crippen LogP contribution in [0.4, 0.5) is 0 Å². The van der Waals surface area contributed by atoms with Crippen molar-refractivity contribution in [2.75, 3.05) is 0 Å². The smallest absolute Gasteiger partial charge is 0.187 e. The zero-order valence-electron chi connectivity index (χ0n) is 9.31. The molecule has 5 nitrogen and oxygen atoms in total. The maximum absolute atomic E-state index is 11.7. The van der Waals surface area contributed by atoms with E-state index in [1.54, 1.807) is 13.8 Å². The Hall–Kier alpha value is -1.75. The molecule has 6 heteroatoms. The number of carbonyl (C=O) groups is 1. The Morgan fingerprint density at radius 3 is 2.29 bits per heavy atom. The first kappa shape index (κ1) is 13.3. The number of carbonyl (C=O) groups excluding carboxylic acids is 1. The van der Waals surface area contributed by atoms with Crippen LogP contribution in [0.15, 0.2) is 17.3 Å². The summed E-state index contributed by atoms with van der Waals surface area (Å²) < 4.78 is 0. The number of aromatic hydroxyl groups is 2. The van der Waals surface area contributed by atoms with Gasteiger partial charge in [-0.3, -0.25) is 4.79 Å². The van der Waals surface area contributed by atoms with Crippen molar-refractivity contribution in [3.8, 4) is 11.5 Å². The Morgan fingerprint density at radius 1 is 1.29 bits per heavy atom. The average molecular weight is 258 g/mol. The van der Waals surface area contributed by atoms with Crippen molar-refractivity contribution in [2.24, 2.45) is 11.1 Å². The van der Waals surface area contributed by atoms with Crippen molar-refractivity contribution >= 4 is 23.1 Å². The Balaban J connectivity index is 3.32. The molecule has 0 amide bonds. The molecule has 17 heavy (non-hydrogen) atoms. The number of phenolic OH excluding ortho intramolecular Hbond substituents is 2. The van der Waals surface area contributed by atoms with Gasteiger partial charge in [-0.1, -0.05) is 30.6 Å². The lowest BCUT2D eigenvalue weighted by Gasteiger charge is -2.09. The van der Waals surface area contributed by atoms with Crippen LogP contribution >= 0.6 is 11.6 Å². The lowest BCUT2D eigenvalue weighted by atomic mass is 9.98. The molecule has 0 unspecified atom stereocenters. The third-order valence-electron chi connectivity index (χ3n) is 2.18. The molecule has 3 N–H and O–H groups in total. The van der Waals surface area contributed by atoms with Gasteiger partial charge >= 0.3 is 0 Å². The summed E-state index contributed by atoms with van der Waals surface area (Å²) in [5.41, 5.74) is -0.177. The van der Waals surface area contributed by atoms with Crippen LogP contribution in [0.5, 0.6) is 11.5 Å². The van der Waals surface area contributed by atoms with Crippen LogP contribution < -0.4 is 0 Å². The fourth-order valence-corrected chi connectivity index (χ4v) is 1.49. The number of phenols is 2. The zero-order chi connectivity index (χ0) is 13.2. The van der Waals surface area contributed by atoms with E-state index < -0.39 is 17.3 Å². The molecule has 0 bridgehead atoms. The molecule has 0 aliphatic heterocycles. The second-order valence-corrected chi connectivity index (χ2v) is 4.20. The molecule has 0 aliphatic rings. The number of halogens is 1. The maximum Gasteiger partial charge on any atom is 0.187 e. The van der Waals surface area contributed by atoms with Gasteiger partial charge in [-0.15, -0.1) is 0 Å². The molecule has 0 saturated heterocycles. The third kappa shape index (κ3) is 2.68. The van der Waals surface area contributed by atoms with Gasteiger partial charge in [0.1, 0.15) is 0 Å². The van der Waals surface area contributed by atoms with Crippen LogP contribution in [0.25, 0.3) is 0 Å². The minimum absolute atomic E-state index is 0.0158. The number of oxime groups is 1. The summed E-state index contributed by atoms with van der Waals surface area (Å²) in [6.07, 6.45) is 0. The summed E-state index contributed by atoms with van der Waals surface area (Å²) in [7, 11) is 0. The Bertz CT molecular complexity index is 483. The predicted molar refractivity (Wildman–Crippen MR) is 63.0 cm³/mol. The highest BCUT2D eigenvalue weighted by molar-refractivity contribution is 6.50. The molecular formula is C11H12ClNO4. The Labute approximate surface area is 103 Å². The second kappa shape index (κ2) is 5.05. The first-order valence-corrected chi connectivity index (χ1v) is 5.24. The molecule has 0 fully saturated rings. The van der Waals surface area contributed by atoms with E-state index in [-0.39, 0.29) is 22.2 Å². The number of Topliss-reactive ketones (excluding diaryl/α,β-unsaturated/α-hetero) is 1. The molecule has 0 spiro atoms. The molecule has 0 aliphatic carbocycles. The summed E-state index contributed by atoms with van der Waals surface area (Å²) in [6.45, 7) is 3.28. The summed E-state index contributed by atoms with van der Waals surface area (Å²) >= 11 is 5.81. The summed E-state index contributed by atoms with van der Waals surface area (Å²) in [6, 6.07) is 2.15. The first-order valence-electron chi connectivity index (χ1n) is 4.86. The van der Waals surface area contributed by atoms with Gasteiger partial charge in [0.15, 0.2) is 23.0 Å². The van der Waals surface area contributed by atoms with Crippen LogP contribution in [0.2, 0.25) is 5.02 Å². The molecule has 0 atom stereocenters. The van der Waals surface area contributed by atoms with E-state index in [0.717, 1.165) is 12.1 Å². The fraction of sp³-hybridized carbons (Fsp3) is 0.273. The van der Waals surface area contributed by atoms with E-state index in [1.165, 1.54) is 0 Å². The number of nitrogens with zero attached hydrogens (tertiary/aromatic N) is 1. The number of ketones is 1. The van der Waals surface area contributed by atoms with Crippen molar-refractivity contribution in [1.82, 2.24) is 0 Å². The highest BCUT2D eigenvalue weighted by Gasteiger charge is 2.22. The molecule has 0 heterocycles. The number of rotatable bonds is 3. The SMILES string of the molecule is CC(C)C(=O)/C(=N\O)c1cc(O)c(O)cc1Cl. The van der Waals surface area contributed by atoms with Gasteiger partial charge in [0.25, 0.3) is 0 Å². The zero-order valence-corrected chi connectivity index (χ0v) is 10.1. The van der Waals surface area contributed by atoms with Gasteiger partial charge in [-0.25, -0.2) is 0 Å². The van der Waals surface area contributed by atoms with Crippen LogP contribution in [-0.4, -0.2) is 26.9 Å². The topological polar surface area (TPSA) is 90.1 Å². The highest BCUT2D eigenvalue weighted by atomic mass is 35.5. The number of hydrogen-bond donors (Lipinski definition) is 3. The lowest BCUT2D eigenvalue weighted by molar-refractivity contribution is -0.115. The van der Waals surface area contributed by atoms with E-state index >= 15 is 0 Å². The molecular weight excluding hydrogens is 246 g/mol. The van der Waals surface area contributed by atoms with Crippen molar-refractivity contribution in [3.05, 3.63) is 22.7 Å². The first-order chi connectivity index (χ1) is 7.88. The van der Waals surface area contributed by atoms with E-state index in [9.17, 15) is 15.0 Å². The number of benzene rings is 1. The quantitative estimate of drug-likeness (QED) is 0.335. The minimum atomic E-state index is -0.442.